The molecular formula is C7H21NaO. The van der Waals surface area contributed by atoms with Crippen LogP contribution in [0.25, 0.3) is 0 Å². The zero-order valence-electron chi connectivity index (χ0n) is 4.28. The van der Waals surface area contributed by atoms with Crippen molar-refractivity contribution < 1.29 is 35.0 Å². The summed E-state index contributed by atoms with van der Waals surface area (Å²) in [5.74, 6) is 0. The minimum absolute atomic E-state index is 0. The smallest absolute Gasteiger partial charge is 0.870 e. The van der Waals surface area contributed by atoms with Gasteiger partial charge in [0, 0.05) is 0 Å². The molecule has 0 aliphatic carbocycles. The van der Waals surface area contributed by atoms with E-state index in [0.717, 1.165) is 0 Å². The van der Waals surface area contributed by atoms with E-state index in [4.69, 9.17) is 0 Å². The molecule has 0 spiro atoms. The molecule has 0 rings (SSSR count). The van der Waals surface area contributed by atoms with Crippen LogP contribution in [0.4, 0.5) is 0 Å². The monoisotopic (exact) mass is 144 g/mol. The zero-order chi connectivity index (χ0) is 4.00. The third-order valence-electron chi connectivity index (χ3n) is 0. The Morgan fingerprint density at radius 2 is 0.556 bits per heavy atom. The molecule has 0 aromatic heterocycles. The van der Waals surface area contributed by atoms with Gasteiger partial charge < -0.3 is 5.48 Å². The van der Waals surface area contributed by atoms with Gasteiger partial charge >= 0.3 is 29.6 Å². The standard InChI is InChI=1S/2C2H4.3CH4.Na.H2O/c2*1-2;;;;;/h2*1-2H2;3*1H4;;1H2/q;;;;;+1;/p-1. The molecule has 0 radical (unpaired) electrons. The van der Waals surface area contributed by atoms with E-state index in [1.54, 1.807) is 0 Å². The average molecular weight is 144 g/mol. The molecule has 0 aliphatic rings. The van der Waals surface area contributed by atoms with Gasteiger partial charge in [0.25, 0.3) is 0 Å². The largest absolute Gasteiger partial charge is 1.00 e. The van der Waals surface area contributed by atoms with E-state index < -0.39 is 0 Å². The van der Waals surface area contributed by atoms with Gasteiger partial charge in [-0.2, -0.15) is 0 Å². The minimum Gasteiger partial charge on any atom is -0.870 e. The molecular weight excluding hydrogens is 123 g/mol. The third kappa shape index (κ3) is 1810. The Morgan fingerprint density at radius 1 is 0.556 bits per heavy atom. The first-order valence-electron chi connectivity index (χ1n) is 1.000. The molecule has 0 aliphatic heterocycles. The first-order valence-corrected chi connectivity index (χ1v) is 1.000. The summed E-state index contributed by atoms with van der Waals surface area (Å²) < 4.78 is 0. The van der Waals surface area contributed by atoms with Gasteiger partial charge in [-0.05, 0) is 0 Å². The molecule has 0 heterocycles. The van der Waals surface area contributed by atoms with Gasteiger partial charge in [0.15, 0.2) is 0 Å². The second-order valence-corrected chi connectivity index (χ2v) is 0. The Balaban J connectivity index is -0.00000000114. The van der Waals surface area contributed by atoms with Crippen LogP contribution in [-0.4, -0.2) is 5.48 Å². The molecule has 0 fully saturated rings. The molecule has 0 saturated carbocycles. The van der Waals surface area contributed by atoms with Crippen molar-refractivity contribution in [3.8, 4) is 0 Å². The average Bonchev–Trinajstić information content (AvgIpc) is 1.50. The summed E-state index contributed by atoms with van der Waals surface area (Å²) in [4.78, 5) is 0. The van der Waals surface area contributed by atoms with Gasteiger partial charge in [-0.3, -0.25) is 0 Å². The molecule has 0 aromatic rings. The van der Waals surface area contributed by atoms with Crippen LogP contribution in [-0.2, 0) is 0 Å². The van der Waals surface area contributed by atoms with E-state index in [-0.39, 0.29) is 57.3 Å². The van der Waals surface area contributed by atoms with Crippen LogP contribution in [0, 0.1) is 0 Å². The van der Waals surface area contributed by atoms with E-state index in [0.29, 0.717) is 0 Å². The molecule has 0 saturated heterocycles. The van der Waals surface area contributed by atoms with Crippen molar-refractivity contribution >= 4 is 0 Å². The first-order chi connectivity index (χ1) is 2.00. The van der Waals surface area contributed by atoms with Gasteiger partial charge in [0.1, 0.15) is 0 Å². The zero-order valence-corrected chi connectivity index (χ0v) is 6.28. The molecule has 1 nitrogen and oxygen atoms in total. The summed E-state index contributed by atoms with van der Waals surface area (Å²) >= 11 is 0. The Kier molecular flexibility index (Phi) is 30300. The molecule has 0 unspecified atom stereocenters. The summed E-state index contributed by atoms with van der Waals surface area (Å²) in [6.45, 7) is 12.0. The van der Waals surface area contributed by atoms with Crippen LogP contribution in [0.1, 0.15) is 22.3 Å². The van der Waals surface area contributed by atoms with Crippen LogP contribution < -0.4 is 29.6 Å². The van der Waals surface area contributed by atoms with Gasteiger partial charge in [0.2, 0.25) is 0 Å². The first kappa shape index (κ1) is 113. The minimum atomic E-state index is 0. The maximum absolute atomic E-state index is 3.00. The van der Waals surface area contributed by atoms with E-state index in [1.807, 2.05) is 0 Å². The van der Waals surface area contributed by atoms with Gasteiger partial charge in [-0.15, -0.1) is 26.3 Å². The van der Waals surface area contributed by atoms with Crippen molar-refractivity contribution in [3.05, 3.63) is 26.3 Å². The molecule has 0 atom stereocenters. The summed E-state index contributed by atoms with van der Waals surface area (Å²) in [5.41, 5.74) is 0. The molecule has 56 valence electrons. The predicted octanol–water partition coefficient (Wildman–Crippen LogP) is 0.340. The number of hydrogen-bond donors (Lipinski definition) is 0. The van der Waals surface area contributed by atoms with Crippen molar-refractivity contribution in [2.24, 2.45) is 0 Å². The summed E-state index contributed by atoms with van der Waals surface area (Å²) in [7, 11) is 0. The maximum Gasteiger partial charge on any atom is 1.00 e. The molecule has 2 heteroatoms. The van der Waals surface area contributed by atoms with Crippen LogP contribution >= 0.6 is 0 Å². The molecule has 1 N–H and O–H groups in total. The fourth-order valence-electron chi connectivity index (χ4n) is 0. The fraction of sp³-hybridized carbons (Fsp3) is 0.429. The number of rotatable bonds is 0. The Morgan fingerprint density at radius 3 is 0.556 bits per heavy atom. The van der Waals surface area contributed by atoms with Crippen molar-refractivity contribution in [3.63, 3.8) is 0 Å². The van der Waals surface area contributed by atoms with Crippen LogP contribution in [0.5, 0.6) is 0 Å². The number of hydrogen-bond acceptors (Lipinski definition) is 1. The van der Waals surface area contributed by atoms with Crippen molar-refractivity contribution in [2.45, 2.75) is 22.3 Å². The summed E-state index contributed by atoms with van der Waals surface area (Å²) in [6, 6.07) is 0. The Labute approximate surface area is 83.5 Å². The van der Waals surface area contributed by atoms with Crippen molar-refractivity contribution in [1.82, 2.24) is 0 Å². The predicted molar refractivity (Wildman–Crippen MR) is 44.6 cm³/mol. The molecule has 0 bridgehead atoms. The molecule has 9 heavy (non-hydrogen) atoms. The van der Waals surface area contributed by atoms with E-state index in [9.17, 15) is 0 Å². The van der Waals surface area contributed by atoms with Crippen molar-refractivity contribution in [2.75, 3.05) is 0 Å². The second kappa shape index (κ2) is 2410. The maximum atomic E-state index is 3.00. The Bertz CT molecular complexity index is 10.9. The topological polar surface area (TPSA) is 30.0 Å². The van der Waals surface area contributed by atoms with E-state index in [1.165, 1.54) is 0 Å². The fourth-order valence-corrected chi connectivity index (χ4v) is 0. The van der Waals surface area contributed by atoms with Crippen molar-refractivity contribution in [1.29, 1.82) is 0 Å². The second-order valence-electron chi connectivity index (χ2n) is 0. The van der Waals surface area contributed by atoms with Gasteiger partial charge in [0.05, 0.1) is 0 Å². The van der Waals surface area contributed by atoms with Gasteiger partial charge in [-0.25, -0.2) is 0 Å². The van der Waals surface area contributed by atoms with Crippen LogP contribution in [0.15, 0.2) is 26.3 Å². The Hall–Kier alpha value is 0.440. The van der Waals surface area contributed by atoms with E-state index in [2.05, 4.69) is 26.3 Å². The summed E-state index contributed by atoms with van der Waals surface area (Å²) in [5, 5.41) is 0. The van der Waals surface area contributed by atoms with Gasteiger partial charge in [-0.1, -0.05) is 22.3 Å². The summed E-state index contributed by atoms with van der Waals surface area (Å²) in [6.07, 6.45) is 0. The van der Waals surface area contributed by atoms with E-state index >= 15 is 0 Å². The van der Waals surface area contributed by atoms with Crippen LogP contribution in [0.3, 0.4) is 0 Å². The van der Waals surface area contributed by atoms with Crippen LogP contribution in [0.2, 0.25) is 0 Å². The molecule has 0 aromatic carbocycles. The third-order valence-corrected chi connectivity index (χ3v) is 0. The normalized spacial score (nSPS) is 0.889. The SMILES string of the molecule is C.C.C.C=C.C=C.[Na+].[OH-]. The molecule has 0 amide bonds. The quantitative estimate of drug-likeness (QED) is 0.356.